The van der Waals surface area contributed by atoms with Gasteiger partial charge < -0.3 is 0 Å². The molecule has 40 valence electrons. The fourth-order valence-corrected chi connectivity index (χ4v) is 0.412. The first-order valence-corrected chi connectivity index (χ1v) is 2.29. The number of aromatic nitrogens is 2. The molecular weight excluding hydrogens is 102 g/mol. The van der Waals surface area contributed by atoms with Gasteiger partial charge in [-0.3, -0.25) is 9.97 Å². The first-order chi connectivity index (χ1) is 3.93. The Morgan fingerprint density at radius 3 is 2.75 bits per heavy atom. The van der Waals surface area contributed by atoms with Crippen LogP contribution >= 0.6 is 0 Å². The summed E-state index contributed by atoms with van der Waals surface area (Å²) in [4.78, 5) is 7.52. The summed E-state index contributed by atoms with van der Waals surface area (Å²) in [5.74, 6) is 0. The molecule has 3 nitrogen and oxygen atoms in total. The van der Waals surface area contributed by atoms with E-state index in [1.807, 2.05) is 0 Å². The maximum Gasteiger partial charge on any atom is 0.0760 e. The summed E-state index contributed by atoms with van der Waals surface area (Å²) in [7, 11) is 0. The second-order valence-corrected chi connectivity index (χ2v) is 1.35. The largest absolute Gasteiger partial charge is 0.261 e. The van der Waals surface area contributed by atoms with Gasteiger partial charge in [-0.1, -0.05) is 0 Å². The van der Waals surface area contributed by atoms with Crippen LogP contribution in [0.2, 0.25) is 0 Å². The molecule has 0 saturated heterocycles. The molecule has 0 unspecified atom stereocenters. The molecule has 0 bridgehead atoms. The summed E-state index contributed by atoms with van der Waals surface area (Å²) < 4.78 is 0. The van der Waals surface area contributed by atoms with E-state index in [2.05, 4.69) is 9.97 Å². The normalized spacial score (nSPS) is 9.12. The van der Waals surface area contributed by atoms with Gasteiger partial charge in [-0.05, 0) is 0 Å². The Hall–Kier alpha value is -0.960. The van der Waals surface area contributed by atoms with E-state index in [-0.39, 0.29) is 6.54 Å². The number of hydrogen-bond acceptors (Lipinski definition) is 2. The van der Waals surface area contributed by atoms with Crippen molar-refractivity contribution in [3.63, 3.8) is 0 Å². The van der Waals surface area contributed by atoms with Crippen molar-refractivity contribution in [1.82, 2.24) is 15.7 Å². The van der Waals surface area contributed by atoms with E-state index in [4.69, 9.17) is 5.73 Å². The van der Waals surface area contributed by atoms with Crippen molar-refractivity contribution in [2.75, 3.05) is 0 Å². The highest BCUT2D eigenvalue weighted by Gasteiger charge is 1.84. The Kier molecular flexibility index (Phi) is 1.54. The Morgan fingerprint density at radius 2 is 2.38 bits per heavy atom. The summed E-state index contributed by atoms with van der Waals surface area (Å²) in [6, 6.07) is 0. The van der Waals surface area contributed by atoms with E-state index in [1.54, 1.807) is 12.4 Å². The molecule has 0 atom stereocenters. The van der Waals surface area contributed by atoms with Gasteiger partial charge in [0.05, 0.1) is 12.2 Å². The first kappa shape index (κ1) is 5.18. The highest BCUT2D eigenvalue weighted by molar-refractivity contribution is 4.92. The van der Waals surface area contributed by atoms with Crippen LogP contribution in [0, 0.1) is 0 Å². The molecule has 0 aromatic carbocycles. The van der Waals surface area contributed by atoms with Gasteiger partial charge in [0.2, 0.25) is 0 Å². The van der Waals surface area contributed by atoms with Gasteiger partial charge >= 0.3 is 0 Å². The van der Waals surface area contributed by atoms with Gasteiger partial charge in [0, 0.05) is 18.6 Å². The first-order valence-electron chi connectivity index (χ1n) is 2.29. The summed E-state index contributed by atoms with van der Waals surface area (Å²) >= 11 is 0. The molecule has 1 rings (SSSR count). The topological polar surface area (TPSA) is 48.1 Å². The van der Waals surface area contributed by atoms with Crippen LogP contribution in [0.15, 0.2) is 18.6 Å². The van der Waals surface area contributed by atoms with Crippen LogP contribution in [0.4, 0.5) is 0 Å². The number of nitrogens with zero attached hydrogens (tertiary/aromatic N) is 3. The molecule has 0 amide bonds. The van der Waals surface area contributed by atoms with Crippen LogP contribution in [0.1, 0.15) is 5.69 Å². The Morgan fingerprint density at radius 1 is 1.50 bits per heavy atom. The molecule has 3 heteroatoms. The molecule has 0 aliphatic heterocycles. The lowest BCUT2D eigenvalue weighted by atomic mass is 10.5. The predicted molar refractivity (Wildman–Crippen MR) is 27.9 cm³/mol. The second kappa shape index (κ2) is 2.37. The van der Waals surface area contributed by atoms with E-state index in [0.29, 0.717) is 5.69 Å². The van der Waals surface area contributed by atoms with Crippen molar-refractivity contribution in [2.24, 2.45) is 0 Å². The third-order valence-electron chi connectivity index (χ3n) is 0.779. The van der Waals surface area contributed by atoms with E-state index in [9.17, 15) is 0 Å². The fourth-order valence-electron chi connectivity index (χ4n) is 0.412. The highest BCUT2D eigenvalue weighted by Crippen LogP contribution is 1.85. The van der Waals surface area contributed by atoms with Crippen molar-refractivity contribution in [2.45, 2.75) is 6.54 Å². The van der Waals surface area contributed by atoms with E-state index in [1.165, 1.54) is 6.20 Å². The molecule has 0 saturated carbocycles. The second-order valence-electron chi connectivity index (χ2n) is 1.35. The SMILES string of the molecule is [N]Cc1cnccn1. The lowest BCUT2D eigenvalue weighted by molar-refractivity contribution is 0.937. The van der Waals surface area contributed by atoms with Gasteiger partial charge in [0.25, 0.3) is 0 Å². The van der Waals surface area contributed by atoms with E-state index in [0.717, 1.165) is 0 Å². The summed E-state index contributed by atoms with van der Waals surface area (Å²) in [5.41, 5.74) is 9.04. The van der Waals surface area contributed by atoms with E-state index < -0.39 is 0 Å². The molecule has 0 aliphatic carbocycles. The van der Waals surface area contributed by atoms with Crippen molar-refractivity contribution >= 4 is 0 Å². The van der Waals surface area contributed by atoms with Crippen LogP contribution in [-0.4, -0.2) is 9.97 Å². The fraction of sp³-hybridized carbons (Fsp3) is 0.200. The zero-order chi connectivity index (χ0) is 5.82. The maximum atomic E-state index is 8.44. The standard InChI is InChI=1S/C5H5N3/c6-3-5-4-7-1-2-8-5/h1-2,4H,3H2. The summed E-state index contributed by atoms with van der Waals surface area (Å²) in [5, 5.41) is 0. The molecule has 0 aliphatic rings. The minimum absolute atomic E-state index is 0.0339. The molecule has 8 heavy (non-hydrogen) atoms. The number of hydrogen-bond donors (Lipinski definition) is 0. The van der Waals surface area contributed by atoms with Gasteiger partial charge in [-0.25, -0.2) is 0 Å². The monoisotopic (exact) mass is 107 g/mol. The van der Waals surface area contributed by atoms with Crippen molar-refractivity contribution in [3.8, 4) is 0 Å². The third-order valence-corrected chi connectivity index (χ3v) is 0.779. The quantitative estimate of drug-likeness (QED) is 0.509. The average Bonchev–Trinajstić information content (AvgIpc) is 1.90. The Labute approximate surface area is 47.6 Å². The zero-order valence-electron chi connectivity index (χ0n) is 4.28. The van der Waals surface area contributed by atoms with Crippen LogP contribution < -0.4 is 5.73 Å². The van der Waals surface area contributed by atoms with Gasteiger partial charge in [-0.15, -0.1) is 5.73 Å². The molecule has 1 aromatic rings. The van der Waals surface area contributed by atoms with Gasteiger partial charge in [-0.2, -0.15) is 0 Å². The van der Waals surface area contributed by atoms with Crippen molar-refractivity contribution in [1.29, 1.82) is 0 Å². The van der Waals surface area contributed by atoms with Crippen LogP contribution in [0.5, 0.6) is 0 Å². The highest BCUT2D eigenvalue weighted by atomic mass is 14.8. The molecule has 0 N–H and O–H groups in total. The molecule has 1 aromatic heterocycles. The minimum Gasteiger partial charge on any atom is -0.261 e. The Balaban J connectivity index is 2.83. The van der Waals surface area contributed by atoms with Crippen LogP contribution in [-0.2, 0) is 6.54 Å². The van der Waals surface area contributed by atoms with Crippen LogP contribution in [0.25, 0.3) is 0 Å². The molecule has 0 spiro atoms. The van der Waals surface area contributed by atoms with Crippen LogP contribution in [0.3, 0.4) is 0 Å². The number of rotatable bonds is 1. The summed E-state index contributed by atoms with van der Waals surface area (Å²) in [6.07, 6.45) is 4.64. The van der Waals surface area contributed by atoms with Crippen molar-refractivity contribution < 1.29 is 0 Å². The maximum absolute atomic E-state index is 8.44. The zero-order valence-corrected chi connectivity index (χ0v) is 4.28. The van der Waals surface area contributed by atoms with Gasteiger partial charge in [0.1, 0.15) is 0 Å². The predicted octanol–water partition coefficient (Wildman–Crippen LogP) is 0.0453. The third kappa shape index (κ3) is 1.01. The van der Waals surface area contributed by atoms with Crippen molar-refractivity contribution in [3.05, 3.63) is 24.3 Å². The van der Waals surface area contributed by atoms with E-state index >= 15 is 0 Å². The molecule has 1 heterocycles. The smallest absolute Gasteiger partial charge is 0.0760 e. The molecular formula is C5H5N3. The average molecular weight is 107 g/mol. The molecule has 2 radical (unpaired) electrons. The van der Waals surface area contributed by atoms with Gasteiger partial charge in [0.15, 0.2) is 0 Å². The lowest BCUT2D eigenvalue weighted by Gasteiger charge is -1.86. The molecule has 0 fully saturated rings. The Bertz CT molecular complexity index is 149. The lowest BCUT2D eigenvalue weighted by Crippen LogP contribution is -1.88. The summed E-state index contributed by atoms with van der Waals surface area (Å²) in [6.45, 7) is -0.0339. The minimum atomic E-state index is -0.0339.